The van der Waals surface area contributed by atoms with E-state index in [4.69, 9.17) is 59.8 Å². The van der Waals surface area contributed by atoms with Crippen LogP contribution in [0.4, 0.5) is 0 Å². The fraction of sp³-hybridized carbons (Fsp3) is 0.810. The van der Waals surface area contributed by atoms with Crippen LogP contribution < -0.4 is 5.32 Å². The summed E-state index contributed by atoms with van der Waals surface area (Å²) in [5.41, 5.74) is 1.90. The van der Waals surface area contributed by atoms with E-state index in [-0.39, 0.29) is 209 Å². The number of ether oxygens (including phenoxy) is 6. The Hall–Kier alpha value is -5.00. The number of aliphatic hydroxyl groups is 8. The Balaban J connectivity index is -0.000000231. The van der Waals surface area contributed by atoms with E-state index < -0.39 is 35.7 Å². The first kappa shape index (κ1) is 97.6. The number of carbonyl (C=O) groups excluding carboxylic acids is 8. The molecule has 26 nitrogen and oxygen atoms in total. The average Bonchev–Trinajstić information content (AvgIpc) is 3.79. The number of hydrogen-bond donors (Lipinski definition) is 9. The Morgan fingerprint density at radius 1 is 0.584 bits per heavy atom. The Labute approximate surface area is 533 Å². The molecule has 9 N–H and O–H groups in total. The number of allylic oxidation sites excluding steroid dienone is 2. The van der Waals surface area contributed by atoms with Gasteiger partial charge in [0.05, 0.1) is 90.7 Å². The Bertz CT molecular complexity index is 1830. The molecular formula is C63H124N4O22. The zero-order chi connectivity index (χ0) is 65.1. The number of aliphatic hydroxyl groups excluding tert-OH is 8. The van der Waals surface area contributed by atoms with Gasteiger partial charge in [-0.2, -0.15) is 0 Å². The molecule has 26 heteroatoms. The molecule has 3 amide bonds. The summed E-state index contributed by atoms with van der Waals surface area (Å²) in [6, 6.07) is 0. The lowest BCUT2D eigenvalue weighted by Crippen LogP contribution is -2.38. The number of nitrogens with one attached hydrogen (secondary N) is 1. The molecule has 2 rings (SSSR count). The lowest BCUT2D eigenvalue weighted by atomic mass is 9.84. The monoisotopic (exact) mass is 1290 g/mol. The SMILES string of the molecule is C.C.C.C.C=C(CC(CC(=O)OCCOCC(=O)N(CCC)CCO)C(=O)OCCOCC(=O)N(CCO)CCO)CC(C)(C)C.C=C(CC1CC(=O)OC1=O)CC(C)(C)C.O=C(CCCCO)N(CCO)CCO.O=C1CCCCO1.OCCNCCO. The number of hydrogen-bond acceptors (Lipinski definition) is 23. The number of nitrogens with zero attached hydrogens (tertiary/aromatic N) is 3. The predicted molar refractivity (Wildman–Crippen MR) is 342 cm³/mol. The van der Waals surface area contributed by atoms with Gasteiger partial charge in [-0.25, -0.2) is 0 Å². The van der Waals surface area contributed by atoms with E-state index in [1.54, 1.807) is 0 Å². The zero-order valence-electron chi connectivity index (χ0n) is 52.2. The summed E-state index contributed by atoms with van der Waals surface area (Å²) in [4.78, 5) is 97.5. The molecule has 528 valence electrons. The van der Waals surface area contributed by atoms with Crippen LogP contribution in [-0.4, -0.2) is 255 Å². The van der Waals surface area contributed by atoms with E-state index in [9.17, 15) is 38.4 Å². The van der Waals surface area contributed by atoms with Gasteiger partial charge < -0.3 is 89.3 Å². The van der Waals surface area contributed by atoms with Crippen molar-refractivity contribution in [1.82, 2.24) is 20.0 Å². The van der Waals surface area contributed by atoms with E-state index in [1.807, 2.05) is 27.7 Å². The molecule has 2 saturated heterocycles. The van der Waals surface area contributed by atoms with Crippen LogP contribution in [0.15, 0.2) is 24.3 Å². The first-order valence-electron chi connectivity index (χ1n) is 29.3. The van der Waals surface area contributed by atoms with E-state index >= 15 is 0 Å². The molecule has 2 unspecified atom stereocenters. The lowest BCUT2D eigenvalue weighted by Gasteiger charge is -2.23. The molecule has 0 bridgehead atoms. The first-order valence-corrected chi connectivity index (χ1v) is 29.3. The van der Waals surface area contributed by atoms with E-state index in [0.717, 1.165) is 36.8 Å². The van der Waals surface area contributed by atoms with Crippen LogP contribution in [0.3, 0.4) is 0 Å². The van der Waals surface area contributed by atoms with Crippen LogP contribution in [0.1, 0.15) is 162 Å². The molecule has 0 aliphatic carbocycles. The van der Waals surface area contributed by atoms with Crippen molar-refractivity contribution in [2.45, 2.75) is 162 Å². The third-order valence-electron chi connectivity index (χ3n) is 11.6. The van der Waals surface area contributed by atoms with Gasteiger partial charge in [0, 0.05) is 71.8 Å². The maximum atomic E-state index is 12.8. The minimum atomic E-state index is -0.831. The average molecular weight is 1290 g/mol. The number of carbonyl (C=O) groups is 8. The van der Waals surface area contributed by atoms with Crippen molar-refractivity contribution in [3.8, 4) is 0 Å². The van der Waals surface area contributed by atoms with Crippen LogP contribution in [0, 0.1) is 22.7 Å². The second-order valence-corrected chi connectivity index (χ2v) is 22.3. The van der Waals surface area contributed by atoms with Crippen molar-refractivity contribution in [2.24, 2.45) is 22.7 Å². The van der Waals surface area contributed by atoms with Crippen molar-refractivity contribution < 1.29 is 108 Å². The Morgan fingerprint density at radius 2 is 1.04 bits per heavy atom. The van der Waals surface area contributed by atoms with Gasteiger partial charge in [-0.15, -0.1) is 0 Å². The normalized spacial score (nSPS) is 13.3. The van der Waals surface area contributed by atoms with E-state index in [1.165, 1.54) is 14.7 Å². The molecule has 0 saturated carbocycles. The molecule has 0 aromatic heterocycles. The topological polar surface area (TPSA) is 376 Å². The summed E-state index contributed by atoms with van der Waals surface area (Å²) in [5, 5.41) is 72.1. The fourth-order valence-electron chi connectivity index (χ4n) is 7.97. The number of esters is 5. The van der Waals surface area contributed by atoms with Crippen molar-refractivity contribution in [2.75, 3.05) is 151 Å². The highest BCUT2D eigenvalue weighted by Gasteiger charge is 2.34. The maximum Gasteiger partial charge on any atom is 0.317 e. The highest BCUT2D eigenvalue weighted by molar-refractivity contribution is 5.94. The maximum absolute atomic E-state index is 12.8. The molecule has 2 aliphatic heterocycles. The number of cyclic esters (lactones) is 3. The molecule has 2 heterocycles. The summed E-state index contributed by atoms with van der Waals surface area (Å²) < 4.78 is 30.2. The minimum absolute atomic E-state index is 0. The summed E-state index contributed by atoms with van der Waals surface area (Å²) in [5.74, 6) is -3.98. The summed E-state index contributed by atoms with van der Waals surface area (Å²) in [6.07, 6.45) is 7.32. The van der Waals surface area contributed by atoms with E-state index in [2.05, 4.69) is 48.7 Å². The second-order valence-electron chi connectivity index (χ2n) is 22.3. The molecule has 2 fully saturated rings. The van der Waals surface area contributed by atoms with Gasteiger partial charge in [0.25, 0.3) is 0 Å². The second kappa shape index (κ2) is 61.8. The van der Waals surface area contributed by atoms with Crippen molar-refractivity contribution in [1.29, 1.82) is 0 Å². The van der Waals surface area contributed by atoms with Crippen LogP contribution in [0.2, 0.25) is 0 Å². The molecule has 2 atom stereocenters. The Kier molecular flexibility index (Phi) is 67.8. The first-order chi connectivity index (χ1) is 40.2. The zero-order valence-corrected chi connectivity index (χ0v) is 52.2. The van der Waals surface area contributed by atoms with Gasteiger partial charge in [-0.1, -0.05) is 102 Å². The third-order valence-corrected chi connectivity index (χ3v) is 11.6. The summed E-state index contributed by atoms with van der Waals surface area (Å²) in [6.45, 7) is 24.3. The van der Waals surface area contributed by atoms with Crippen molar-refractivity contribution in [3.63, 3.8) is 0 Å². The summed E-state index contributed by atoms with van der Waals surface area (Å²) in [7, 11) is 0. The van der Waals surface area contributed by atoms with Gasteiger partial charge in [-0.3, -0.25) is 38.4 Å². The molecule has 0 spiro atoms. The molecule has 0 radical (unpaired) electrons. The molecule has 0 aromatic carbocycles. The van der Waals surface area contributed by atoms with Gasteiger partial charge >= 0.3 is 29.8 Å². The molecular weight excluding hydrogens is 1160 g/mol. The fourth-order valence-corrected chi connectivity index (χ4v) is 7.97. The number of amides is 3. The highest BCUT2D eigenvalue weighted by Crippen LogP contribution is 2.31. The van der Waals surface area contributed by atoms with E-state index in [0.29, 0.717) is 64.8 Å². The van der Waals surface area contributed by atoms with Crippen molar-refractivity contribution in [3.05, 3.63) is 24.3 Å². The number of unbranched alkanes of at least 4 members (excludes halogenated alkanes) is 1. The van der Waals surface area contributed by atoms with Crippen LogP contribution in [0.5, 0.6) is 0 Å². The smallest absolute Gasteiger partial charge is 0.317 e. The minimum Gasteiger partial charge on any atom is -0.466 e. The third kappa shape index (κ3) is 59.1. The van der Waals surface area contributed by atoms with Gasteiger partial charge in [0.2, 0.25) is 17.7 Å². The predicted octanol–water partition coefficient (Wildman–Crippen LogP) is 3.78. The van der Waals surface area contributed by atoms with Gasteiger partial charge in [-0.05, 0) is 68.6 Å². The lowest BCUT2D eigenvalue weighted by molar-refractivity contribution is -0.157. The van der Waals surface area contributed by atoms with Crippen LogP contribution in [0.25, 0.3) is 0 Å². The largest absolute Gasteiger partial charge is 0.466 e. The quantitative estimate of drug-likeness (QED) is 0.0139. The van der Waals surface area contributed by atoms with Gasteiger partial charge in [0.15, 0.2) is 0 Å². The van der Waals surface area contributed by atoms with Gasteiger partial charge in [0.1, 0.15) is 26.4 Å². The molecule has 2 aliphatic rings. The van der Waals surface area contributed by atoms with Crippen LogP contribution >= 0.6 is 0 Å². The summed E-state index contributed by atoms with van der Waals surface area (Å²) >= 11 is 0. The molecule has 0 aromatic rings. The molecule has 89 heavy (non-hydrogen) atoms. The highest BCUT2D eigenvalue weighted by atomic mass is 16.6. The van der Waals surface area contributed by atoms with Crippen LogP contribution in [-0.2, 0) is 66.8 Å². The Morgan fingerprint density at radius 3 is 1.43 bits per heavy atom. The van der Waals surface area contributed by atoms with Crippen molar-refractivity contribution >= 4 is 47.6 Å². The number of rotatable bonds is 39. The standard InChI is InChI=1S/C29H52N2O11.C12H18O3.C9H19NO4.C5H8O2.C4H11NO2.4CH4/c1-6-7-30(8-11-32)25(35)21-39-14-16-41-27(37)19-24(18-23(2)20-29(3,4)5)28(38)42-17-15-40-22-26(36)31(9-12-33)10-13-34;1-8(7-12(2,3)4)5-9-6-10(13)15-11(9)14;11-6-2-1-3-9(14)10(4-7-12)5-8-13;6-5-3-1-2-4-7-5;6-3-1-5-2-4-7;;;;/h24,32-34H,2,6-22H2,1,3-5H3;9H,1,5-7H2,2-4H3;11-13H,1-8H2;1-4H2;5-7H,1-4H2;4*1H4.